The molecule has 2 saturated heterocycles. The zero-order valence-electron chi connectivity index (χ0n) is 23.5. The number of ether oxygens (including phenoxy) is 1. The Balaban J connectivity index is 1.23. The third kappa shape index (κ3) is 4.76. The number of likely N-dealkylation sites (N-methyl/N-ethyl adjacent to an activating group) is 1. The molecule has 4 heterocycles. The Bertz CT molecular complexity index is 1450. The molecule has 0 bridgehead atoms. The van der Waals surface area contributed by atoms with Crippen LogP contribution in [0.1, 0.15) is 48.1 Å². The van der Waals surface area contributed by atoms with Gasteiger partial charge in [-0.1, -0.05) is 24.3 Å². The van der Waals surface area contributed by atoms with Crippen molar-refractivity contribution in [1.29, 1.82) is 5.26 Å². The fraction of sp³-hybridized carbons (Fsp3) is 0.531. The van der Waals surface area contributed by atoms with Crippen LogP contribution in [0.2, 0.25) is 0 Å². The van der Waals surface area contributed by atoms with E-state index >= 15 is 0 Å². The first-order valence-electron chi connectivity index (χ1n) is 15.0. The number of anilines is 2. The second kappa shape index (κ2) is 10.9. The predicted molar refractivity (Wildman–Crippen MR) is 158 cm³/mol. The van der Waals surface area contributed by atoms with Crippen LogP contribution in [-0.4, -0.2) is 73.3 Å². The predicted octanol–water partition coefficient (Wildman–Crippen LogP) is 3.85. The average molecular weight is 538 g/mol. The van der Waals surface area contributed by atoms with Crippen molar-refractivity contribution in [2.75, 3.05) is 56.2 Å². The van der Waals surface area contributed by atoms with E-state index in [4.69, 9.17) is 14.7 Å². The number of nitriles is 1. The van der Waals surface area contributed by atoms with Gasteiger partial charge in [0.15, 0.2) is 0 Å². The van der Waals surface area contributed by atoms with Crippen LogP contribution in [0.15, 0.2) is 30.3 Å². The van der Waals surface area contributed by atoms with Gasteiger partial charge in [0.2, 0.25) is 0 Å². The summed E-state index contributed by atoms with van der Waals surface area (Å²) in [6.45, 7) is 5.92. The molecule has 2 atom stereocenters. The average Bonchev–Trinajstić information content (AvgIpc) is 3.64. The van der Waals surface area contributed by atoms with Crippen molar-refractivity contribution in [2.45, 2.75) is 63.6 Å². The lowest BCUT2D eigenvalue weighted by atomic mass is 9.97. The summed E-state index contributed by atoms with van der Waals surface area (Å²) in [4.78, 5) is 17.3. The molecule has 208 valence electrons. The number of aromatic nitrogens is 2. The summed E-state index contributed by atoms with van der Waals surface area (Å²) in [5, 5.41) is 15.6. The topological polar surface area (TPSA) is 80.5 Å². The Hall–Kier alpha value is -3.41. The van der Waals surface area contributed by atoms with Crippen molar-refractivity contribution in [3.8, 4) is 12.1 Å². The summed E-state index contributed by atoms with van der Waals surface area (Å²) >= 11 is 0. The molecule has 2 aromatic carbocycles. The number of benzene rings is 2. The van der Waals surface area contributed by atoms with Crippen LogP contribution in [0.5, 0.6) is 6.01 Å². The molecular weight excluding hydrogens is 498 g/mol. The summed E-state index contributed by atoms with van der Waals surface area (Å²) < 4.78 is 6.33. The smallest absolute Gasteiger partial charge is 0.318 e. The molecule has 8 heteroatoms. The maximum absolute atomic E-state index is 9.31. The van der Waals surface area contributed by atoms with Gasteiger partial charge in [-0.05, 0) is 74.7 Å². The number of fused-ring (bicyclic) bond motifs is 4. The molecule has 3 aliphatic heterocycles. The second-order valence-corrected chi connectivity index (χ2v) is 11.9. The Kier molecular flexibility index (Phi) is 6.94. The normalized spacial score (nSPS) is 22.8. The first-order chi connectivity index (χ1) is 19.7. The van der Waals surface area contributed by atoms with Crippen molar-refractivity contribution in [2.24, 2.45) is 0 Å². The SMILES string of the molecule is CN1CCC[C@H]1COc1nc2c(c(N3CCN[C@@H](CC#N)C3)n1)CCN(c1cccc3ccc4c(c13)CCC4)C2. The fourth-order valence-corrected chi connectivity index (χ4v) is 7.26. The van der Waals surface area contributed by atoms with Gasteiger partial charge in [-0.15, -0.1) is 0 Å². The van der Waals surface area contributed by atoms with E-state index in [0.717, 1.165) is 63.6 Å². The molecule has 2 fully saturated rings. The number of piperazine rings is 1. The second-order valence-electron chi connectivity index (χ2n) is 11.9. The Morgan fingerprint density at radius 1 is 1.02 bits per heavy atom. The summed E-state index contributed by atoms with van der Waals surface area (Å²) in [6.07, 6.45) is 7.37. The van der Waals surface area contributed by atoms with E-state index in [1.165, 1.54) is 58.8 Å². The number of nitrogens with one attached hydrogen (secondary N) is 1. The summed E-state index contributed by atoms with van der Waals surface area (Å²) in [7, 11) is 2.18. The summed E-state index contributed by atoms with van der Waals surface area (Å²) in [6, 6.07) is 14.8. The van der Waals surface area contributed by atoms with Gasteiger partial charge in [0.25, 0.3) is 0 Å². The highest BCUT2D eigenvalue weighted by Crippen LogP contribution is 2.39. The molecule has 0 spiro atoms. The van der Waals surface area contributed by atoms with Gasteiger partial charge in [0.05, 0.1) is 24.7 Å². The third-order valence-electron chi connectivity index (χ3n) is 9.43. The van der Waals surface area contributed by atoms with Crippen molar-refractivity contribution in [3.63, 3.8) is 0 Å². The van der Waals surface area contributed by atoms with Crippen LogP contribution in [0, 0.1) is 11.3 Å². The number of rotatable bonds is 6. The molecule has 0 unspecified atom stereocenters. The van der Waals surface area contributed by atoms with Crippen LogP contribution >= 0.6 is 0 Å². The van der Waals surface area contributed by atoms with Gasteiger partial charge in [0.1, 0.15) is 12.4 Å². The van der Waals surface area contributed by atoms with Crippen LogP contribution in [0.4, 0.5) is 11.5 Å². The number of hydrogen-bond acceptors (Lipinski definition) is 8. The van der Waals surface area contributed by atoms with Crippen LogP contribution < -0.4 is 19.9 Å². The molecule has 40 heavy (non-hydrogen) atoms. The number of nitrogens with zero attached hydrogens (tertiary/aromatic N) is 6. The Morgan fingerprint density at radius 3 is 2.85 bits per heavy atom. The Labute approximate surface area is 236 Å². The summed E-state index contributed by atoms with van der Waals surface area (Å²) in [5.41, 5.74) is 6.69. The lowest BCUT2D eigenvalue weighted by Crippen LogP contribution is -2.51. The monoisotopic (exact) mass is 537 g/mol. The molecule has 1 aromatic heterocycles. The van der Waals surface area contributed by atoms with Crippen LogP contribution in [0.3, 0.4) is 0 Å². The minimum atomic E-state index is 0.152. The van der Waals surface area contributed by atoms with E-state index < -0.39 is 0 Å². The number of aryl methyl sites for hydroxylation is 2. The fourth-order valence-electron chi connectivity index (χ4n) is 7.26. The van der Waals surface area contributed by atoms with Crippen LogP contribution in [-0.2, 0) is 25.8 Å². The van der Waals surface area contributed by atoms with Crippen molar-refractivity contribution in [3.05, 3.63) is 52.7 Å². The quantitative estimate of drug-likeness (QED) is 0.508. The molecule has 1 N–H and O–H groups in total. The zero-order chi connectivity index (χ0) is 27.1. The summed E-state index contributed by atoms with van der Waals surface area (Å²) in [5.74, 6) is 1.00. The largest absolute Gasteiger partial charge is 0.462 e. The van der Waals surface area contributed by atoms with E-state index in [1.807, 2.05) is 0 Å². The highest BCUT2D eigenvalue weighted by Gasteiger charge is 2.30. The molecule has 3 aromatic rings. The molecule has 7 rings (SSSR count). The van der Waals surface area contributed by atoms with E-state index in [-0.39, 0.29) is 6.04 Å². The maximum Gasteiger partial charge on any atom is 0.318 e. The van der Waals surface area contributed by atoms with Crippen LogP contribution in [0.25, 0.3) is 10.8 Å². The molecule has 8 nitrogen and oxygen atoms in total. The molecule has 0 amide bonds. The molecule has 0 radical (unpaired) electrons. The third-order valence-corrected chi connectivity index (χ3v) is 9.43. The highest BCUT2D eigenvalue weighted by atomic mass is 16.5. The van der Waals surface area contributed by atoms with Crippen molar-refractivity contribution in [1.82, 2.24) is 20.2 Å². The number of likely N-dealkylation sites (tertiary alicyclic amines) is 1. The van der Waals surface area contributed by atoms with Gasteiger partial charge in [-0.3, -0.25) is 0 Å². The molecule has 1 aliphatic carbocycles. The van der Waals surface area contributed by atoms with Crippen molar-refractivity contribution >= 4 is 22.3 Å². The molecular formula is C32H39N7O. The van der Waals surface area contributed by atoms with Gasteiger partial charge < -0.3 is 24.8 Å². The molecule has 0 saturated carbocycles. The molecule has 4 aliphatic rings. The lowest BCUT2D eigenvalue weighted by molar-refractivity contribution is 0.187. The lowest BCUT2D eigenvalue weighted by Gasteiger charge is -2.37. The number of hydrogen-bond donors (Lipinski definition) is 1. The highest BCUT2D eigenvalue weighted by molar-refractivity contribution is 5.98. The van der Waals surface area contributed by atoms with Gasteiger partial charge in [-0.25, -0.2) is 0 Å². The zero-order valence-corrected chi connectivity index (χ0v) is 23.5. The van der Waals surface area contributed by atoms with Crippen molar-refractivity contribution < 1.29 is 4.74 Å². The minimum absolute atomic E-state index is 0.152. The van der Waals surface area contributed by atoms with E-state index in [2.05, 4.69) is 63.5 Å². The Morgan fingerprint density at radius 2 is 1.98 bits per heavy atom. The standard InChI is InChI=1S/C32H39N7O/c1-37-16-4-7-25(37)21-40-32-35-28-20-38(29-9-3-6-23-11-10-22-5-2-8-26(22)30(23)29)17-13-27(28)31(36-32)39-18-15-34-24(19-39)12-14-33/h3,6,9-11,24-25,34H,2,4-5,7-8,12-13,15-21H2,1H3/t24-,25-/m0/s1. The van der Waals surface area contributed by atoms with E-state index in [0.29, 0.717) is 25.1 Å². The minimum Gasteiger partial charge on any atom is -0.462 e. The van der Waals surface area contributed by atoms with E-state index in [9.17, 15) is 5.26 Å². The van der Waals surface area contributed by atoms with Gasteiger partial charge in [-0.2, -0.15) is 15.2 Å². The van der Waals surface area contributed by atoms with Gasteiger partial charge >= 0.3 is 6.01 Å². The first kappa shape index (κ1) is 25.6. The maximum atomic E-state index is 9.31. The first-order valence-corrected chi connectivity index (χ1v) is 15.0. The van der Waals surface area contributed by atoms with E-state index in [1.54, 1.807) is 0 Å². The van der Waals surface area contributed by atoms with Gasteiger partial charge in [0, 0.05) is 54.9 Å².